The lowest BCUT2D eigenvalue weighted by molar-refractivity contribution is -0.140. The second-order valence-corrected chi connectivity index (χ2v) is 4.40. The van der Waals surface area contributed by atoms with Crippen LogP contribution in [0.3, 0.4) is 0 Å². The molecule has 3 nitrogen and oxygen atoms in total. The molecule has 1 fully saturated rings. The first kappa shape index (κ1) is 14.6. The Labute approximate surface area is 111 Å². The van der Waals surface area contributed by atoms with Crippen LogP contribution in [0.15, 0.2) is 18.2 Å². The smallest absolute Gasteiger partial charge is 0.380 e. The molecule has 1 saturated heterocycles. The number of hydrogen-bond acceptors (Lipinski definition) is 3. The minimum absolute atomic E-state index is 0.0454. The molecule has 0 saturated carbocycles. The fourth-order valence-electron chi connectivity index (χ4n) is 1.96. The first-order chi connectivity index (χ1) is 9.30. The van der Waals surface area contributed by atoms with E-state index in [-0.39, 0.29) is 31.0 Å². The summed E-state index contributed by atoms with van der Waals surface area (Å²) in [5.74, 6) is -3.73. The number of hydrogen-bond donors (Lipinski definition) is 0. The Morgan fingerprint density at radius 2 is 2.00 bits per heavy atom. The molecule has 1 aliphatic rings. The van der Waals surface area contributed by atoms with Crippen LogP contribution in [0.1, 0.15) is 22.3 Å². The van der Waals surface area contributed by atoms with Gasteiger partial charge in [0.2, 0.25) is 0 Å². The zero-order chi connectivity index (χ0) is 14.9. The molecule has 0 amide bonds. The number of rotatable bonds is 2. The van der Waals surface area contributed by atoms with Crippen LogP contribution in [0.25, 0.3) is 0 Å². The molecule has 2 rings (SSSR count). The Morgan fingerprint density at radius 3 is 2.60 bits per heavy atom. The van der Waals surface area contributed by atoms with E-state index >= 15 is 0 Å². The average Bonchev–Trinajstić information content (AvgIpc) is 2.37. The number of halogens is 4. The zero-order valence-corrected chi connectivity index (χ0v) is 10.2. The summed E-state index contributed by atoms with van der Waals surface area (Å²) in [6.45, 7) is 0.0379. The number of ether oxygens (including phenoxy) is 1. The van der Waals surface area contributed by atoms with Crippen molar-refractivity contribution in [2.24, 2.45) is 5.92 Å². The monoisotopic (exact) mass is 290 g/mol. The summed E-state index contributed by atoms with van der Waals surface area (Å²) in [6, 6.07) is 1.94. The normalized spacial score (nSPS) is 20.0. The highest BCUT2D eigenvalue weighted by Crippen LogP contribution is 2.32. The summed E-state index contributed by atoms with van der Waals surface area (Å²) in [4.78, 5) is 23.6. The summed E-state index contributed by atoms with van der Waals surface area (Å²) in [6.07, 6.45) is -4.85. The Hall–Kier alpha value is -1.76. The predicted octanol–water partition coefficient (Wildman–Crippen LogP) is 2.63. The van der Waals surface area contributed by atoms with E-state index in [1.165, 1.54) is 0 Å². The van der Waals surface area contributed by atoms with E-state index in [2.05, 4.69) is 0 Å². The minimum atomic E-state index is -4.90. The molecule has 0 bridgehead atoms. The molecule has 0 radical (unpaired) electrons. The molecule has 1 aromatic carbocycles. The van der Waals surface area contributed by atoms with E-state index in [1.807, 2.05) is 0 Å². The Kier molecular flexibility index (Phi) is 3.89. The van der Waals surface area contributed by atoms with Gasteiger partial charge in [0.1, 0.15) is 17.5 Å². The predicted molar refractivity (Wildman–Crippen MR) is 59.7 cm³/mol. The van der Waals surface area contributed by atoms with Crippen molar-refractivity contribution in [1.82, 2.24) is 0 Å². The highest BCUT2D eigenvalue weighted by molar-refractivity contribution is 6.11. The second-order valence-electron chi connectivity index (χ2n) is 4.40. The van der Waals surface area contributed by atoms with E-state index in [1.54, 1.807) is 0 Å². The molecule has 0 spiro atoms. The van der Waals surface area contributed by atoms with Gasteiger partial charge in [-0.2, -0.15) is 13.2 Å². The number of Topliss-reactive ketones (excluding diaryl/α,β-unsaturated/α-hetero) is 2. The van der Waals surface area contributed by atoms with Gasteiger partial charge in [0.15, 0.2) is 5.78 Å². The summed E-state index contributed by atoms with van der Waals surface area (Å²) < 4.78 is 55.8. The van der Waals surface area contributed by atoms with E-state index in [9.17, 15) is 27.2 Å². The highest BCUT2D eigenvalue weighted by atomic mass is 19.4. The van der Waals surface area contributed by atoms with Gasteiger partial charge in [-0.15, -0.1) is 0 Å². The van der Waals surface area contributed by atoms with Crippen molar-refractivity contribution < 1.29 is 31.9 Å². The number of alkyl halides is 3. The van der Waals surface area contributed by atoms with Crippen LogP contribution in [-0.2, 0) is 15.7 Å². The van der Waals surface area contributed by atoms with Gasteiger partial charge in [0.05, 0.1) is 18.8 Å². The maximum Gasteiger partial charge on any atom is 0.419 e. The van der Waals surface area contributed by atoms with Crippen molar-refractivity contribution in [2.45, 2.75) is 12.6 Å². The maximum atomic E-state index is 13.1. The van der Waals surface area contributed by atoms with Gasteiger partial charge in [-0.1, -0.05) is 0 Å². The van der Waals surface area contributed by atoms with Crippen LogP contribution < -0.4 is 0 Å². The van der Waals surface area contributed by atoms with Crippen molar-refractivity contribution >= 4 is 11.6 Å². The summed E-state index contributed by atoms with van der Waals surface area (Å²) in [5.41, 5.74) is -1.87. The largest absolute Gasteiger partial charge is 0.419 e. The first-order valence-electron chi connectivity index (χ1n) is 5.82. The van der Waals surface area contributed by atoms with Crippen LogP contribution in [0.2, 0.25) is 0 Å². The third-order valence-electron chi connectivity index (χ3n) is 3.04. The van der Waals surface area contributed by atoms with Gasteiger partial charge in [-0.3, -0.25) is 9.59 Å². The molecule has 1 unspecified atom stereocenters. The lowest BCUT2D eigenvalue weighted by atomic mass is 9.91. The van der Waals surface area contributed by atoms with Gasteiger partial charge < -0.3 is 4.74 Å². The third-order valence-corrected chi connectivity index (χ3v) is 3.04. The number of carbonyl (C=O) groups excluding carboxylic acids is 2. The molecule has 108 valence electrons. The van der Waals surface area contributed by atoms with E-state index in [4.69, 9.17) is 4.74 Å². The van der Waals surface area contributed by atoms with Crippen LogP contribution in [0, 0.1) is 11.7 Å². The Morgan fingerprint density at radius 1 is 1.30 bits per heavy atom. The Balaban J connectivity index is 2.33. The van der Waals surface area contributed by atoms with Gasteiger partial charge in [-0.05, 0) is 18.2 Å². The number of ketones is 2. The molecule has 1 aromatic rings. The fraction of sp³-hybridized carbons (Fsp3) is 0.385. The molecule has 0 aromatic heterocycles. The van der Waals surface area contributed by atoms with Crippen LogP contribution >= 0.6 is 0 Å². The first-order valence-corrected chi connectivity index (χ1v) is 5.82. The average molecular weight is 290 g/mol. The van der Waals surface area contributed by atoms with Crippen molar-refractivity contribution in [3.05, 3.63) is 35.1 Å². The summed E-state index contributed by atoms with van der Waals surface area (Å²) in [7, 11) is 0. The van der Waals surface area contributed by atoms with Crippen molar-refractivity contribution in [2.75, 3.05) is 13.2 Å². The van der Waals surface area contributed by atoms with E-state index in [0.29, 0.717) is 12.1 Å². The lowest BCUT2D eigenvalue weighted by Crippen LogP contribution is -2.34. The number of benzene rings is 1. The minimum Gasteiger partial charge on any atom is -0.380 e. The van der Waals surface area contributed by atoms with Crippen LogP contribution in [0.4, 0.5) is 17.6 Å². The van der Waals surface area contributed by atoms with Gasteiger partial charge in [0, 0.05) is 12.0 Å². The lowest BCUT2D eigenvalue weighted by Gasteiger charge is -2.20. The van der Waals surface area contributed by atoms with Crippen molar-refractivity contribution in [3.63, 3.8) is 0 Å². The zero-order valence-electron chi connectivity index (χ0n) is 10.2. The molecular weight excluding hydrogens is 280 g/mol. The molecule has 1 heterocycles. The molecule has 1 atom stereocenters. The van der Waals surface area contributed by atoms with Crippen molar-refractivity contribution in [1.29, 1.82) is 0 Å². The summed E-state index contributed by atoms with van der Waals surface area (Å²) >= 11 is 0. The SMILES string of the molecule is O=C1CCOCC1C(=O)c1ccc(F)c(C(F)(F)F)c1. The van der Waals surface area contributed by atoms with Gasteiger partial charge in [-0.25, -0.2) is 4.39 Å². The molecule has 1 aliphatic heterocycles. The highest BCUT2D eigenvalue weighted by Gasteiger charge is 2.36. The quantitative estimate of drug-likeness (QED) is 0.478. The molecule has 20 heavy (non-hydrogen) atoms. The molecule has 0 aliphatic carbocycles. The van der Waals surface area contributed by atoms with Gasteiger partial charge >= 0.3 is 6.18 Å². The standard InChI is InChI=1S/C13H10F4O3/c14-10-2-1-7(5-9(10)13(15,16)17)12(19)8-6-20-4-3-11(8)18/h1-2,5,8H,3-4,6H2. The maximum absolute atomic E-state index is 13.1. The summed E-state index contributed by atoms with van der Waals surface area (Å²) in [5, 5.41) is 0. The van der Waals surface area contributed by atoms with Crippen molar-refractivity contribution in [3.8, 4) is 0 Å². The molecule has 7 heteroatoms. The van der Waals surface area contributed by atoms with Gasteiger partial charge in [0.25, 0.3) is 0 Å². The topological polar surface area (TPSA) is 43.4 Å². The second kappa shape index (κ2) is 5.32. The molecule has 0 N–H and O–H groups in total. The third kappa shape index (κ3) is 2.87. The Bertz CT molecular complexity index is 551. The van der Waals surface area contributed by atoms with E-state index < -0.39 is 29.3 Å². The van der Waals surface area contributed by atoms with Crippen LogP contribution in [-0.4, -0.2) is 24.8 Å². The fourth-order valence-corrected chi connectivity index (χ4v) is 1.96. The number of carbonyl (C=O) groups is 2. The van der Waals surface area contributed by atoms with E-state index in [0.717, 1.165) is 6.07 Å². The molecular formula is C13H10F4O3. The van der Waals surface area contributed by atoms with Crippen LogP contribution in [0.5, 0.6) is 0 Å².